The summed E-state index contributed by atoms with van der Waals surface area (Å²) < 4.78 is 2.28. The number of aromatic nitrogens is 5. The van der Waals surface area contributed by atoms with Crippen molar-refractivity contribution >= 4 is 28.7 Å². The van der Waals surface area contributed by atoms with Crippen LogP contribution < -0.4 is 9.80 Å². The van der Waals surface area contributed by atoms with Gasteiger partial charge in [-0.1, -0.05) is 12.5 Å². The molecule has 3 aromatic heterocycles. The predicted octanol–water partition coefficient (Wildman–Crippen LogP) is 2.51. The zero-order valence-corrected chi connectivity index (χ0v) is 19.6. The van der Waals surface area contributed by atoms with Gasteiger partial charge in [-0.2, -0.15) is 0 Å². The number of aryl methyl sites for hydroxylation is 2. The monoisotopic (exact) mass is 460 g/mol. The topological polar surface area (TPSA) is 83.3 Å². The zero-order valence-electron chi connectivity index (χ0n) is 19.6. The Balaban J connectivity index is 1.16. The maximum Gasteiger partial charge on any atom is 0.227 e. The average Bonchev–Trinajstić information content (AvgIpc) is 3.09. The number of carbonyl (C=O) groups is 1. The van der Waals surface area contributed by atoms with Crippen molar-refractivity contribution in [3.05, 3.63) is 36.5 Å². The number of imidazole rings is 1. The van der Waals surface area contributed by atoms with E-state index in [9.17, 15) is 4.79 Å². The van der Waals surface area contributed by atoms with E-state index in [0.717, 1.165) is 87.2 Å². The van der Waals surface area contributed by atoms with Crippen LogP contribution in [-0.2, 0) is 17.8 Å². The number of amides is 1. The van der Waals surface area contributed by atoms with Gasteiger partial charge in [0.2, 0.25) is 5.91 Å². The molecule has 3 aliphatic heterocycles. The third-order valence-electron chi connectivity index (χ3n) is 7.51. The van der Waals surface area contributed by atoms with Gasteiger partial charge >= 0.3 is 0 Å². The summed E-state index contributed by atoms with van der Waals surface area (Å²) in [5.74, 6) is 3.29. The lowest BCUT2D eigenvalue weighted by molar-refractivity contribution is -0.136. The van der Waals surface area contributed by atoms with E-state index in [1.54, 1.807) is 6.33 Å². The molecule has 0 aliphatic carbocycles. The summed E-state index contributed by atoms with van der Waals surface area (Å²) in [6.07, 6.45) is 10.0. The van der Waals surface area contributed by atoms with E-state index in [1.807, 2.05) is 29.3 Å². The molecule has 1 atom stereocenters. The first kappa shape index (κ1) is 21.3. The van der Waals surface area contributed by atoms with Gasteiger partial charge in [0.15, 0.2) is 17.0 Å². The third kappa shape index (κ3) is 3.97. The molecule has 6 rings (SSSR count). The van der Waals surface area contributed by atoms with Crippen molar-refractivity contribution in [1.82, 2.24) is 29.4 Å². The smallest absolute Gasteiger partial charge is 0.227 e. The number of fused-ring (bicyclic) bond motifs is 3. The molecule has 3 aliphatic rings. The minimum Gasteiger partial charge on any atom is -0.354 e. The molecule has 3 aromatic rings. The van der Waals surface area contributed by atoms with E-state index in [4.69, 9.17) is 4.98 Å². The van der Waals surface area contributed by atoms with E-state index in [-0.39, 0.29) is 11.8 Å². The molecular formula is C25H32N8O. The molecule has 0 radical (unpaired) electrons. The molecule has 1 amide bonds. The quantitative estimate of drug-likeness (QED) is 0.594. The lowest BCUT2D eigenvalue weighted by Gasteiger charge is -2.39. The Hall–Kier alpha value is -3.23. The van der Waals surface area contributed by atoms with Crippen molar-refractivity contribution < 1.29 is 4.79 Å². The van der Waals surface area contributed by atoms with Gasteiger partial charge < -0.3 is 19.3 Å². The second kappa shape index (κ2) is 9.19. The van der Waals surface area contributed by atoms with Crippen molar-refractivity contribution in [2.45, 2.75) is 45.1 Å². The van der Waals surface area contributed by atoms with Crippen LogP contribution in [0.2, 0.25) is 0 Å². The molecule has 9 nitrogen and oxygen atoms in total. The largest absolute Gasteiger partial charge is 0.354 e. The fourth-order valence-electron chi connectivity index (χ4n) is 5.68. The minimum absolute atomic E-state index is 0.000560. The van der Waals surface area contributed by atoms with Gasteiger partial charge in [0, 0.05) is 58.4 Å². The van der Waals surface area contributed by atoms with Crippen LogP contribution in [0.25, 0.3) is 11.2 Å². The van der Waals surface area contributed by atoms with E-state index in [0.29, 0.717) is 6.54 Å². The molecule has 2 fully saturated rings. The summed E-state index contributed by atoms with van der Waals surface area (Å²) in [5.41, 5.74) is 1.84. The first-order chi connectivity index (χ1) is 16.8. The highest BCUT2D eigenvalue weighted by Gasteiger charge is 2.33. The van der Waals surface area contributed by atoms with Crippen LogP contribution in [-0.4, -0.2) is 74.6 Å². The Kier molecular flexibility index (Phi) is 5.76. The second-order valence-corrected chi connectivity index (χ2v) is 9.65. The normalized spacial score (nSPS) is 21.4. The second-order valence-electron chi connectivity index (χ2n) is 9.65. The van der Waals surface area contributed by atoms with Gasteiger partial charge in [-0.15, -0.1) is 0 Å². The van der Waals surface area contributed by atoms with Crippen LogP contribution in [0, 0.1) is 5.92 Å². The zero-order chi connectivity index (χ0) is 22.9. The number of piperazine rings is 1. The number of pyridine rings is 1. The number of rotatable bonds is 3. The molecule has 0 saturated carbocycles. The number of nitrogens with zero attached hydrogens (tertiary/aromatic N) is 8. The number of anilines is 2. The SMILES string of the molecule is O=C([C@@H]1CCCN(c2ncnc3c2nc2n3CCCCC2)C1)N1CCN(c2ccccn2)CC1. The van der Waals surface area contributed by atoms with Crippen molar-refractivity contribution in [1.29, 1.82) is 0 Å². The Labute approximate surface area is 199 Å². The van der Waals surface area contributed by atoms with E-state index in [1.165, 1.54) is 19.3 Å². The fourth-order valence-corrected chi connectivity index (χ4v) is 5.68. The predicted molar refractivity (Wildman–Crippen MR) is 131 cm³/mol. The van der Waals surface area contributed by atoms with Crippen LogP contribution in [0.15, 0.2) is 30.7 Å². The molecule has 34 heavy (non-hydrogen) atoms. The molecule has 178 valence electrons. The van der Waals surface area contributed by atoms with Gasteiger partial charge in [0.1, 0.15) is 18.0 Å². The van der Waals surface area contributed by atoms with E-state index < -0.39 is 0 Å². The number of hydrogen-bond acceptors (Lipinski definition) is 7. The number of hydrogen-bond donors (Lipinski definition) is 0. The summed E-state index contributed by atoms with van der Waals surface area (Å²) in [6.45, 7) is 5.74. The number of carbonyl (C=O) groups excluding carboxylic acids is 1. The summed E-state index contributed by atoms with van der Waals surface area (Å²) in [7, 11) is 0. The van der Waals surface area contributed by atoms with Crippen molar-refractivity contribution in [2.24, 2.45) is 5.92 Å². The lowest BCUT2D eigenvalue weighted by atomic mass is 9.96. The Bertz CT molecular complexity index is 1150. The molecule has 0 N–H and O–H groups in total. The van der Waals surface area contributed by atoms with Gasteiger partial charge in [0.25, 0.3) is 0 Å². The first-order valence-corrected chi connectivity index (χ1v) is 12.7. The Morgan fingerprint density at radius 3 is 2.65 bits per heavy atom. The summed E-state index contributed by atoms with van der Waals surface area (Å²) in [5, 5.41) is 0. The molecule has 0 spiro atoms. The molecule has 2 saturated heterocycles. The molecule has 9 heteroatoms. The minimum atomic E-state index is 0.000560. The van der Waals surface area contributed by atoms with Gasteiger partial charge in [-0.05, 0) is 37.8 Å². The molecule has 0 aromatic carbocycles. The van der Waals surface area contributed by atoms with E-state index in [2.05, 4.69) is 29.3 Å². The summed E-state index contributed by atoms with van der Waals surface area (Å²) in [4.78, 5) is 38.7. The summed E-state index contributed by atoms with van der Waals surface area (Å²) in [6, 6.07) is 5.98. The van der Waals surface area contributed by atoms with Crippen molar-refractivity contribution in [3.8, 4) is 0 Å². The van der Waals surface area contributed by atoms with Crippen LogP contribution in [0.3, 0.4) is 0 Å². The molecule has 6 heterocycles. The average molecular weight is 461 g/mol. The van der Waals surface area contributed by atoms with Gasteiger partial charge in [0.05, 0.1) is 5.92 Å². The fraction of sp³-hybridized carbons (Fsp3) is 0.560. The van der Waals surface area contributed by atoms with Gasteiger partial charge in [-0.3, -0.25) is 4.79 Å². The van der Waals surface area contributed by atoms with E-state index >= 15 is 0 Å². The maximum absolute atomic E-state index is 13.4. The number of piperidine rings is 1. The highest BCUT2D eigenvalue weighted by Crippen LogP contribution is 2.30. The van der Waals surface area contributed by atoms with Crippen LogP contribution in [0.4, 0.5) is 11.6 Å². The lowest BCUT2D eigenvalue weighted by Crippen LogP contribution is -2.52. The van der Waals surface area contributed by atoms with Crippen LogP contribution in [0.5, 0.6) is 0 Å². The molecule has 0 unspecified atom stereocenters. The van der Waals surface area contributed by atoms with Crippen molar-refractivity contribution in [3.63, 3.8) is 0 Å². The molecule has 0 bridgehead atoms. The van der Waals surface area contributed by atoms with Crippen LogP contribution >= 0.6 is 0 Å². The van der Waals surface area contributed by atoms with Gasteiger partial charge in [-0.25, -0.2) is 19.9 Å². The van der Waals surface area contributed by atoms with Crippen molar-refractivity contribution in [2.75, 3.05) is 49.1 Å². The summed E-state index contributed by atoms with van der Waals surface area (Å²) >= 11 is 0. The van der Waals surface area contributed by atoms with Crippen LogP contribution in [0.1, 0.15) is 37.9 Å². The Morgan fingerprint density at radius 2 is 1.79 bits per heavy atom. The maximum atomic E-state index is 13.4. The highest BCUT2D eigenvalue weighted by molar-refractivity contribution is 5.85. The standard InChI is InChI=1S/C25H32N8O/c34-25(31-15-13-30(14-16-31)20-8-3-4-10-26-20)19-7-6-11-32(17-19)23-22-24(28-18-27-23)33-12-5-1-2-9-21(33)29-22/h3-4,8,10,18-19H,1-2,5-7,9,11-17H2/t19-/m1/s1. The third-order valence-corrected chi connectivity index (χ3v) is 7.51. The Morgan fingerprint density at radius 1 is 0.882 bits per heavy atom. The first-order valence-electron chi connectivity index (χ1n) is 12.7. The highest BCUT2D eigenvalue weighted by atomic mass is 16.2. The molecular weight excluding hydrogens is 428 g/mol.